The molecule has 0 atom stereocenters. The van der Waals surface area contributed by atoms with Crippen LogP contribution in [0.4, 0.5) is 70.2 Å². The van der Waals surface area contributed by atoms with Gasteiger partial charge < -0.3 is 33.9 Å². The Morgan fingerprint density at radius 2 is 0.594 bits per heavy atom. The van der Waals surface area contributed by atoms with E-state index >= 15 is 0 Å². The molecule has 0 spiro atoms. The molecule has 0 saturated carbocycles. The van der Waals surface area contributed by atoms with Crippen LogP contribution in [0.5, 0.6) is 34.5 Å². The van der Waals surface area contributed by atoms with Gasteiger partial charge in [-0.05, 0) is 163 Å². The van der Waals surface area contributed by atoms with Crippen molar-refractivity contribution in [3.05, 3.63) is 249 Å². The van der Waals surface area contributed by atoms with E-state index in [1.165, 1.54) is 19.9 Å². The second-order valence-corrected chi connectivity index (χ2v) is 20.7. The average molecular weight is 1360 g/mol. The fourth-order valence-electron chi connectivity index (χ4n) is 9.32. The highest BCUT2D eigenvalue weighted by Crippen LogP contribution is 2.42. The van der Waals surface area contributed by atoms with Crippen molar-refractivity contribution in [3.63, 3.8) is 0 Å². The number of hydrogen-bond acceptors (Lipinski definition) is 7. The summed E-state index contributed by atoms with van der Waals surface area (Å²) >= 11 is 0. The summed E-state index contributed by atoms with van der Waals surface area (Å²) in [6, 6.07) is 31.4. The summed E-state index contributed by atoms with van der Waals surface area (Å²) in [7, 11) is 0. The lowest BCUT2D eigenvalue weighted by Gasteiger charge is -2.21. The van der Waals surface area contributed by atoms with Crippen LogP contribution in [0.15, 0.2) is 146 Å². The third-order valence-electron chi connectivity index (χ3n) is 13.8. The maximum atomic E-state index is 14.6. The quantitative estimate of drug-likeness (QED) is 0.0647. The Balaban J connectivity index is 0.000000214. The SMILES string of the molecule is CCCc1ccc(-c2cc(F)c(C(=O)O)c(F)c2)cc1.CCCc1ccc(-c2cc(F)c(C(F)(F)Oc3ccc(OCC)c(F)c3F)c(F)c2)cc1.CCCc1ccc(-c2cc(F)c(C(F)(F)Oc3ccc(OCC)c(F)c3F)c(F)c2)cc1.CCOc1ccc(O)c(F)c1F. The first kappa shape index (κ1) is 75.2. The minimum Gasteiger partial charge on any atom is -0.505 e. The number of benzene rings is 9. The number of carboxylic acid groups (broad SMARTS) is 1. The van der Waals surface area contributed by atoms with Crippen molar-refractivity contribution in [3.8, 4) is 67.9 Å². The number of phenols is 1. The summed E-state index contributed by atoms with van der Waals surface area (Å²) in [4.78, 5) is 10.7. The standard InChI is InChI=1S/2C24H20F6O2.C16H14F2O2.C8H8F2O2/c2*1-3-5-14-6-8-15(9-7-14)16-12-17(25)21(18(26)13-16)24(29,30)32-20-11-10-19(31-4-2)22(27)23(20)28;1-2-3-10-4-6-11(7-5-10)12-8-13(17)15(16(19)20)14(18)9-12;1-2-12-6-4-3-5(11)7(9)8(6)10/h2*6-13H,3-5H2,1-2H3;4-9H,2-3H2,1H3,(H,19,20);3-4,11H,2H2,1H3. The van der Waals surface area contributed by atoms with Crippen LogP contribution in [-0.4, -0.2) is 36.0 Å². The third-order valence-corrected chi connectivity index (χ3v) is 13.8. The number of alkyl halides is 4. The molecule has 510 valence electrons. The minimum absolute atomic E-state index is 0.0107. The molecule has 0 heterocycles. The molecule has 0 radical (unpaired) electrons. The van der Waals surface area contributed by atoms with Crippen LogP contribution in [0.2, 0.25) is 0 Å². The molecule has 0 aliphatic carbocycles. The molecular formula is C72H62F16O8. The van der Waals surface area contributed by atoms with E-state index in [0.29, 0.717) is 34.4 Å². The van der Waals surface area contributed by atoms with Gasteiger partial charge in [-0.25, -0.2) is 31.1 Å². The van der Waals surface area contributed by atoms with Gasteiger partial charge in [-0.3, -0.25) is 0 Å². The monoisotopic (exact) mass is 1360 g/mol. The zero-order chi connectivity index (χ0) is 70.8. The Kier molecular flexibility index (Phi) is 26.6. The lowest BCUT2D eigenvalue weighted by molar-refractivity contribution is -0.191. The van der Waals surface area contributed by atoms with E-state index < -0.39 is 133 Å². The van der Waals surface area contributed by atoms with Crippen LogP contribution < -0.4 is 23.7 Å². The molecule has 0 aliphatic heterocycles. The van der Waals surface area contributed by atoms with E-state index in [-0.39, 0.29) is 36.7 Å². The molecule has 0 aliphatic rings. The number of carboxylic acids is 1. The average Bonchev–Trinajstić information content (AvgIpc) is 0.857. The van der Waals surface area contributed by atoms with Crippen molar-refractivity contribution >= 4 is 5.97 Å². The van der Waals surface area contributed by atoms with E-state index in [1.54, 1.807) is 67.6 Å². The van der Waals surface area contributed by atoms with Crippen LogP contribution in [0.25, 0.3) is 33.4 Å². The van der Waals surface area contributed by atoms with E-state index in [0.717, 1.165) is 110 Å². The molecule has 9 aromatic rings. The van der Waals surface area contributed by atoms with Crippen LogP contribution in [0.1, 0.15) is 99.0 Å². The van der Waals surface area contributed by atoms with Crippen molar-refractivity contribution < 1.29 is 109 Å². The highest BCUT2D eigenvalue weighted by Gasteiger charge is 2.44. The number of halogens is 16. The Morgan fingerprint density at radius 3 is 0.865 bits per heavy atom. The summed E-state index contributed by atoms with van der Waals surface area (Å²) in [6.07, 6.45) is -3.76. The van der Waals surface area contributed by atoms with E-state index in [9.17, 15) is 75.0 Å². The first-order valence-corrected chi connectivity index (χ1v) is 29.7. The predicted molar refractivity (Wildman–Crippen MR) is 328 cm³/mol. The van der Waals surface area contributed by atoms with Gasteiger partial charge in [0, 0.05) is 0 Å². The Bertz CT molecular complexity index is 3870. The third kappa shape index (κ3) is 19.0. The molecule has 0 fully saturated rings. The number of aromatic carboxylic acids is 1. The molecule has 0 aromatic heterocycles. The zero-order valence-electron chi connectivity index (χ0n) is 52.1. The number of phenolic OH excluding ortho intramolecular Hbond substituents is 1. The molecule has 0 bridgehead atoms. The summed E-state index contributed by atoms with van der Waals surface area (Å²) in [6.45, 7) is 11.1. The van der Waals surface area contributed by atoms with Gasteiger partial charge in [0.25, 0.3) is 0 Å². The normalized spacial score (nSPS) is 11.1. The highest BCUT2D eigenvalue weighted by atomic mass is 19.3. The van der Waals surface area contributed by atoms with Gasteiger partial charge in [0.05, 0.1) is 19.8 Å². The molecule has 0 saturated heterocycles. The first-order chi connectivity index (χ1) is 45.5. The molecular weight excluding hydrogens is 1300 g/mol. The Morgan fingerprint density at radius 1 is 0.344 bits per heavy atom. The number of carbonyl (C=O) groups is 1. The highest BCUT2D eigenvalue weighted by molar-refractivity contribution is 5.89. The van der Waals surface area contributed by atoms with E-state index in [4.69, 9.17) is 24.4 Å². The topological polar surface area (TPSA) is 104 Å². The van der Waals surface area contributed by atoms with Gasteiger partial charge >= 0.3 is 18.2 Å². The second kappa shape index (κ2) is 34.0. The zero-order valence-corrected chi connectivity index (χ0v) is 52.1. The van der Waals surface area contributed by atoms with Crippen LogP contribution in [0, 0.1) is 69.8 Å². The molecule has 0 amide bonds. The Hall–Kier alpha value is -9.87. The van der Waals surface area contributed by atoms with Gasteiger partial charge in [-0.2, -0.15) is 43.9 Å². The largest absolute Gasteiger partial charge is 0.505 e. The van der Waals surface area contributed by atoms with Crippen molar-refractivity contribution in [1.29, 1.82) is 0 Å². The smallest absolute Gasteiger partial charge is 0.432 e. The van der Waals surface area contributed by atoms with Crippen molar-refractivity contribution in [1.82, 2.24) is 0 Å². The van der Waals surface area contributed by atoms with E-state index in [2.05, 4.69) is 16.4 Å². The maximum absolute atomic E-state index is 14.6. The molecule has 2 N–H and O–H groups in total. The summed E-state index contributed by atoms with van der Waals surface area (Å²) in [5.74, 6) is -23.5. The molecule has 8 nitrogen and oxygen atoms in total. The summed E-state index contributed by atoms with van der Waals surface area (Å²) < 4.78 is 248. The fourth-order valence-corrected chi connectivity index (χ4v) is 9.32. The van der Waals surface area contributed by atoms with Crippen molar-refractivity contribution in [2.75, 3.05) is 19.8 Å². The first-order valence-electron chi connectivity index (χ1n) is 29.7. The number of ether oxygens (including phenoxy) is 5. The molecule has 0 unspecified atom stereocenters. The minimum atomic E-state index is -4.61. The summed E-state index contributed by atoms with van der Waals surface area (Å²) in [5.41, 5.74) is 0.785. The van der Waals surface area contributed by atoms with E-state index in [1.807, 2.05) is 26.0 Å². The molecule has 9 rings (SSSR count). The van der Waals surface area contributed by atoms with Crippen LogP contribution >= 0.6 is 0 Å². The van der Waals surface area contributed by atoms with Crippen molar-refractivity contribution in [2.45, 2.75) is 92.3 Å². The second-order valence-electron chi connectivity index (χ2n) is 20.7. The lowest BCUT2D eigenvalue weighted by atomic mass is 10.00. The van der Waals surface area contributed by atoms with Gasteiger partial charge in [-0.15, -0.1) is 0 Å². The number of aromatic hydroxyl groups is 1. The van der Waals surface area contributed by atoms with Gasteiger partial charge in [0.1, 0.15) is 51.6 Å². The Labute approximate surface area is 541 Å². The molecule has 96 heavy (non-hydrogen) atoms. The fraction of sp³-hybridized carbons (Fsp3) is 0.236. The number of rotatable bonds is 22. The maximum Gasteiger partial charge on any atom is 0.432 e. The van der Waals surface area contributed by atoms with Crippen molar-refractivity contribution in [2.24, 2.45) is 0 Å². The van der Waals surface area contributed by atoms with Gasteiger partial charge in [-0.1, -0.05) is 113 Å². The van der Waals surface area contributed by atoms with Gasteiger partial charge in [0.15, 0.2) is 34.5 Å². The number of hydrogen-bond donors (Lipinski definition) is 2. The van der Waals surface area contributed by atoms with Gasteiger partial charge in [0.2, 0.25) is 34.9 Å². The predicted octanol–water partition coefficient (Wildman–Crippen LogP) is 21.1. The molecule has 9 aromatic carbocycles. The summed E-state index contributed by atoms with van der Waals surface area (Å²) in [5, 5.41) is 17.4. The number of aryl methyl sites for hydroxylation is 3. The van der Waals surface area contributed by atoms with Crippen LogP contribution in [-0.2, 0) is 31.5 Å². The molecule has 24 heteroatoms. The van der Waals surface area contributed by atoms with Crippen LogP contribution in [0.3, 0.4) is 0 Å². The lowest BCUT2D eigenvalue weighted by Crippen LogP contribution is -2.26.